The van der Waals surface area contributed by atoms with Gasteiger partial charge in [0.05, 0.1) is 5.92 Å². The van der Waals surface area contributed by atoms with Crippen molar-refractivity contribution >= 4 is 18.0 Å². The molecule has 0 aromatic heterocycles. The van der Waals surface area contributed by atoms with E-state index in [0.717, 1.165) is 22.3 Å². The van der Waals surface area contributed by atoms with E-state index in [0.29, 0.717) is 6.54 Å². The smallest absolute Gasteiger partial charge is 0.407 e. The van der Waals surface area contributed by atoms with Crippen LogP contribution in [0.5, 0.6) is 0 Å². The maximum atomic E-state index is 13.1. The third-order valence-corrected chi connectivity index (χ3v) is 6.79. The molecule has 2 aliphatic rings. The van der Waals surface area contributed by atoms with Gasteiger partial charge in [-0.2, -0.15) is 0 Å². The molecule has 1 saturated heterocycles. The number of nitrogens with zero attached hydrogens (tertiary/aromatic N) is 1. The summed E-state index contributed by atoms with van der Waals surface area (Å²) in [4.78, 5) is 38.7. The van der Waals surface area contributed by atoms with E-state index in [1.807, 2.05) is 45.0 Å². The van der Waals surface area contributed by atoms with Crippen molar-refractivity contribution in [3.63, 3.8) is 0 Å². The molecule has 2 amide bonds. The molecule has 1 fully saturated rings. The van der Waals surface area contributed by atoms with Gasteiger partial charge in [-0.15, -0.1) is 0 Å². The second-order valence-corrected chi connectivity index (χ2v) is 9.36. The molecule has 4 rings (SSSR count). The predicted molar refractivity (Wildman–Crippen MR) is 124 cm³/mol. The first-order valence-electron chi connectivity index (χ1n) is 11.4. The number of hydrogen-bond donors (Lipinski definition) is 2. The number of amides is 2. The van der Waals surface area contributed by atoms with Crippen LogP contribution < -0.4 is 5.32 Å². The van der Waals surface area contributed by atoms with Gasteiger partial charge in [0.1, 0.15) is 12.6 Å². The van der Waals surface area contributed by atoms with Crippen LogP contribution in [0.25, 0.3) is 11.1 Å². The van der Waals surface area contributed by atoms with Crippen LogP contribution in [0, 0.1) is 17.8 Å². The minimum atomic E-state index is -0.900. The number of carbonyl (C=O) groups excluding carboxylic acids is 2. The SMILES string of the molecule is CC(C)[C@H](NC(=O)OCC1c2ccccc2-c2ccccc21)C(=O)N1C[C@@H](C)[C@H](C(=O)O)C1. The fourth-order valence-electron chi connectivity index (χ4n) is 4.95. The first kappa shape index (κ1) is 22.8. The fourth-order valence-corrected chi connectivity index (χ4v) is 4.95. The number of carboxylic acids is 1. The summed E-state index contributed by atoms with van der Waals surface area (Å²) in [5.74, 6) is -2.12. The van der Waals surface area contributed by atoms with Crippen LogP contribution in [0.1, 0.15) is 37.8 Å². The van der Waals surface area contributed by atoms with Gasteiger partial charge in [-0.25, -0.2) is 4.79 Å². The lowest BCUT2D eigenvalue weighted by Crippen LogP contribution is -2.51. The zero-order valence-corrected chi connectivity index (χ0v) is 19.2. The molecule has 3 atom stereocenters. The predicted octanol–water partition coefficient (Wildman–Crippen LogP) is 3.73. The summed E-state index contributed by atoms with van der Waals surface area (Å²) < 4.78 is 5.60. The summed E-state index contributed by atoms with van der Waals surface area (Å²) in [5.41, 5.74) is 4.53. The van der Waals surface area contributed by atoms with Crippen molar-refractivity contribution in [3.05, 3.63) is 59.7 Å². The van der Waals surface area contributed by atoms with Gasteiger partial charge in [-0.3, -0.25) is 9.59 Å². The van der Waals surface area contributed by atoms with E-state index in [-0.39, 0.29) is 36.8 Å². The molecular weight excluding hydrogens is 420 g/mol. The van der Waals surface area contributed by atoms with Crippen LogP contribution in [-0.2, 0) is 14.3 Å². The van der Waals surface area contributed by atoms with Crippen LogP contribution in [0.4, 0.5) is 4.79 Å². The van der Waals surface area contributed by atoms with Gasteiger partial charge in [0, 0.05) is 19.0 Å². The summed E-state index contributed by atoms with van der Waals surface area (Å²) in [6, 6.07) is 15.4. The van der Waals surface area contributed by atoms with Crippen LogP contribution in [-0.4, -0.2) is 53.7 Å². The Morgan fingerprint density at radius 3 is 2.12 bits per heavy atom. The minimum absolute atomic E-state index is 0.0629. The molecule has 2 aromatic rings. The molecule has 174 valence electrons. The summed E-state index contributed by atoms with van der Waals surface area (Å²) in [5, 5.41) is 12.1. The second kappa shape index (κ2) is 9.25. The average Bonchev–Trinajstić information content (AvgIpc) is 3.34. The van der Waals surface area contributed by atoms with Crippen molar-refractivity contribution < 1.29 is 24.2 Å². The molecule has 1 heterocycles. The van der Waals surface area contributed by atoms with E-state index in [2.05, 4.69) is 29.6 Å². The normalized spacial score (nSPS) is 20.3. The van der Waals surface area contributed by atoms with E-state index in [1.54, 1.807) is 0 Å². The second-order valence-electron chi connectivity index (χ2n) is 9.36. The lowest BCUT2D eigenvalue weighted by Gasteiger charge is -2.27. The Hall–Kier alpha value is -3.35. The Bertz CT molecular complexity index is 1020. The van der Waals surface area contributed by atoms with Crippen LogP contribution in [0.3, 0.4) is 0 Å². The van der Waals surface area contributed by atoms with Crippen LogP contribution >= 0.6 is 0 Å². The van der Waals surface area contributed by atoms with Crippen LogP contribution in [0.15, 0.2) is 48.5 Å². The summed E-state index contributed by atoms with van der Waals surface area (Å²) >= 11 is 0. The van der Waals surface area contributed by atoms with Crippen molar-refractivity contribution in [3.8, 4) is 11.1 Å². The van der Waals surface area contributed by atoms with Gasteiger partial charge >= 0.3 is 12.1 Å². The van der Waals surface area contributed by atoms with E-state index >= 15 is 0 Å². The molecule has 0 saturated carbocycles. The molecular formula is C26H30N2O5. The van der Waals surface area contributed by atoms with E-state index in [4.69, 9.17) is 4.74 Å². The van der Waals surface area contributed by atoms with Crippen LogP contribution in [0.2, 0.25) is 0 Å². The molecule has 33 heavy (non-hydrogen) atoms. The number of fused-ring (bicyclic) bond motifs is 3. The maximum Gasteiger partial charge on any atom is 0.407 e. The quantitative estimate of drug-likeness (QED) is 0.699. The average molecular weight is 451 g/mol. The van der Waals surface area contributed by atoms with Gasteiger partial charge in [0.15, 0.2) is 0 Å². The molecule has 1 aliphatic carbocycles. The number of likely N-dealkylation sites (tertiary alicyclic amines) is 1. The topological polar surface area (TPSA) is 95.9 Å². The highest BCUT2D eigenvalue weighted by atomic mass is 16.5. The third kappa shape index (κ3) is 4.45. The highest BCUT2D eigenvalue weighted by molar-refractivity contribution is 5.87. The fraction of sp³-hybridized carbons (Fsp3) is 0.423. The number of aliphatic carboxylic acids is 1. The lowest BCUT2D eigenvalue weighted by molar-refractivity contribution is -0.142. The number of rotatable bonds is 6. The van der Waals surface area contributed by atoms with Gasteiger partial charge < -0.3 is 20.1 Å². The van der Waals surface area contributed by atoms with E-state index in [9.17, 15) is 19.5 Å². The largest absolute Gasteiger partial charge is 0.481 e. The monoisotopic (exact) mass is 450 g/mol. The molecule has 2 aromatic carbocycles. The zero-order valence-electron chi connectivity index (χ0n) is 19.2. The minimum Gasteiger partial charge on any atom is -0.481 e. The van der Waals surface area contributed by atoms with Gasteiger partial charge in [-0.1, -0.05) is 69.3 Å². The van der Waals surface area contributed by atoms with E-state index < -0.39 is 24.0 Å². The Kier molecular flexibility index (Phi) is 6.40. The number of nitrogens with one attached hydrogen (secondary N) is 1. The first-order valence-corrected chi connectivity index (χ1v) is 11.4. The summed E-state index contributed by atoms with van der Waals surface area (Å²) in [6.45, 7) is 6.22. The number of carboxylic acid groups (broad SMARTS) is 1. The zero-order chi connectivity index (χ0) is 23.7. The lowest BCUT2D eigenvalue weighted by atomic mass is 9.98. The number of ether oxygens (including phenoxy) is 1. The number of benzene rings is 2. The Morgan fingerprint density at radius 2 is 1.61 bits per heavy atom. The molecule has 0 spiro atoms. The van der Waals surface area contributed by atoms with E-state index in [1.165, 1.54) is 4.90 Å². The summed E-state index contributed by atoms with van der Waals surface area (Å²) in [7, 11) is 0. The standard InChI is InChI=1S/C26H30N2O5/c1-15(2)23(24(29)28-12-16(3)21(13-28)25(30)31)27-26(32)33-14-22-19-10-6-4-8-17(19)18-9-5-7-11-20(18)22/h4-11,15-16,21-23H,12-14H2,1-3H3,(H,27,32)(H,30,31)/t16-,21-,23+/m1/s1. The molecule has 7 heteroatoms. The van der Waals surface area contributed by atoms with Crippen molar-refractivity contribution in [1.82, 2.24) is 10.2 Å². The highest BCUT2D eigenvalue weighted by Crippen LogP contribution is 2.44. The van der Waals surface area contributed by atoms with Gasteiger partial charge in [-0.05, 0) is 34.1 Å². The molecule has 0 radical (unpaired) electrons. The highest BCUT2D eigenvalue weighted by Gasteiger charge is 2.40. The molecule has 2 N–H and O–H groups in total. The Morgan fingerprint density at radius 1 is 1.03 bits per heavy atom. The van der Waals surface area contributed by atoms with Crippen molar-refractivity contribution in [2.24, 2.45) is 17.8 Å². The molecule has 0 unspecified atom stereocenters. The first-order chi connectivity index (χ1) is 15.8. The number of alkyl carbamates (subject to hydrolysis) is 1. The van der Waals surface area contributed by atoms with Crippen molar-refractivity contribution in [2.45, 2.75) is 32.7 Å². The molecule has 7 nitrogen and oxygen atoms in total. The Labute approximate surface area is 193 Å². The van der Waals surface area contributed by atoms with Crippen molar-refractivity contribution in [2.75, 3.05) is 19.7 Å². The molecule has 1 aliphatic heterocycles. The van der Waals surface area contributed by atoms with Gasteiger partial charge in [0.25, 0.3) is 0 Å². The summed E-state index contributed by atoms with van der Waals surface area (Å²) in [6.07, 6.45) is -0.647. The number of hydrogen-bond acceptors (Lipinski definition) is 4. The van der Waals surface area contributed by atoms with Crippen molar-refractivity contribution in [1.29, 1.82) is 0 Å². The molecule has 0 bridgehead atoms. The number of carbonyl (C=O) groups is 3. The third-order valence-electron chi connectivity index (χ3n) is 6.79. The van der Waals surface area contributed by atoms with Gasteiger partial charge in [0.2, 0.25) is 5.91 Å². The maximum absolute atomic E-state index is 13.1. The Balaban J connectivity index is 1.41.